The molecule has 0 saturated heterocycles. The first-order valence-electron chi connectivity index (χ1n) is 7.86. The molecule has 1 aromatic carbocycles. The Kier molecular flexibility index (Phi) is 5.89. The van der Waals surface area contributed by atoms with Crippen LogP contribution in [0, 0.1) is 0 Å². The Morgan fingerprint density at radius 1 is 1.38 bits per heavy atom. The molecule has 1 unspecified atom stereocenters. The molecule has 1 atom stereocenters. The number of hydrogen-bond donors (Lipinski definition) is 1. The summed E-state index contributed by atoms with van der Waals surface area (Å²) in [5.74, 6) is -0.466. The predicted molar refractivity (Wildman–Crippen MR) is 92.6 cm³/mol. The highest BCUT2D eigenvalue weighted by Crippen LogP contribution is 2.20. The summed E-state index contributed by atoms with van der Waals surface area (Å²) in [6.45, 7) is 7.65. The SMILES string of the molecule is C=CC(=O)N(CC)CC(=O)NC(C)c1ccccc1-n1cccn1. The van der Waals surface area contributed by atoms with E-state index in [1.807, 2.05) is 50.4 Å². The van der Waals surface area contributed by atoms with Crippen LogP contribution in [0.3, 0.4) is 0 Å². The van der Waals surface area contributed by atoms with Crippen LogP contribution >= 0.6 is 0 Å². The van der Waals surface area contributed by atoms with Crippen molar-refractivity contribution >= 4 is 11.8 Å². The minimum absolute atomic E-state index is 0.00955. The van der Waals surface area contributed by atoms with Gasteiger partial charge < -0.3 is 10.2 Å². The number of carbonyl (C=O) groups is 2. The van der Waals surface area contributed by atoms with Gasteiger partial charge in [-0.15, -0.1) is 0 Å². The second-order valence-electron chi connectivity index (χ2n) is 5.36. The van der Waals surface area contributed by atoms with Gasteiger partial charge in [-0.3, -0.25) is 9.59 Å². The quantitative estimate of drug-likeness (QED) is 0.792. The molecule has 0 aliphatic rings. The Bertz CT molecular complexity index is 710. The van der Waals surface area contributed by atoms with E-state index in [0.717, 1.165) is 11.3 Å². The Morgan fingerprint density at radius 3 is 2.75 bits per heavy atom. The molecule has 6 nitrogen and oxygen atoms in total. The highest BCUT2D eigenvalue weighted by Gasteiger charge is 2.17. The van der Waals surface area contributed by atoms with Crippen molar-refractivity contribution in [1.29, 1.82) is 0 Å². The van der Waals surface area contributed by atoms with Crippen molar-refractivity contribution in [3.63, 3.8) is 0 Å². The third-order valence-corrected chi connectivity index (χ3v) is 3.73. The Morgan fingerprint density at radius 2 is 2.12 bits per heavy atom. The van der Waals surface area contributed by atoms with Crippen LogP contribution < -0.4 is 5.32 Å². The summed E-state index contributed by atoms with van der Waals surface area (Å²) in [6, 6.07) is 9.38. The third kappa shape index (κ3) is 4.10. The average molecular weight is 326 g/mol. The fourth-order valence-corrected chi connectivity index (χ4v) is 2.49. The Balaban J connectivity index is 2.10. The molecular formula is C18H22N4O2. The van der Waals surface area contributed by atoms with Gasteiger partial charge in [-0.05, 0) is 37.6 Å². The molecule has 1 heterocycles. The third-order valence-electron chi connectivity index (χ3n) is 3.73. The summed E-state index contributed by atoms with van der Waals surface area (Å²) in [5, 5.41) is 7.18. The predicted octanol–water partition coefficient (Wildman–Crippen LogP) is 2.08. The molecule has 0 fully saturated rings. The topological polar surface area (TPSA) is 67.2 Å². The molecule has 0 aliphatic heterocycles. The maximum absolute atomic E-state index is 12.3. The normalized spacial score (nSPS) is 11.6. The summed E-state index contributed by atoms with van der Waals surface area (Å²) in [7, 11) is 0. The highest BCUT2D eigenvalue weighted by molar-refractivity contribution is 5.91. The molecule has 2 aromatic rings. The lowest BCUT2D eigenvalue weighted by Gasteiger charge is -2.22. The molecule has 0 spiro atoms. The number of para-hydroxylation sites is 1. The van der Waals surface area contributed by atoms with Crippen LogP contribution in [-0.2, 0) is 9.59 Å². The summed E-state index contributed by atoms with van der Waals surface area (Å²) >= 11 is 0. The van der Waals surface area contributed by atoms with Gasteiger partial charge in [0, 0.05) is 18.9 Å². The van der Waals surface area contributed by atoms with E-state index in [-0.39, 0.29) is 24.4 Å². The van der Waals surface area contributed by atoms with Crippen molar-refractivity contribution < 1.29 is 9.59 Å². The van der Waals surface area contributed by atoms with Crippen LogP contribution in [0.15, 0.2) is 55.4 Å². The number of nitrogens with zero attached hydrogens (tertiary/aromatic N) is 3. The number of carbonyl (C=O) groups excluding carboxylic acids is 2. The van der Waals surface area contributed by atoms with Gasteiger partial charge in [-0.1, -0.05) is 24.8 Å². The molecule has 126 valence electrons. The van der Waals surface area contributed by atoms with Gasteiger partial charge in [0.15, 0.2) is 0 Å². The van der Waals surface area contributed by atoms with Crippen molar-refractivity contribution in [3.05, 3.63) is 60.9 Å². The van der Waals surface area contributed by atoms with Crippen molar-refractivity contribution in [2.45, 2.75) is 19.9 Å². The Hall–Kier alpha value is -2.89. The van der Waals surface area contributed by atoms with Gasteiger partial charge in [0.2, 0.25) is 11.8 Å². The second kappa shape index (κ2) is 8.10. The van der Waals surface area contributed by atoms with Crippen LogP contribution in [0.2, 0.25) is 0 Å². The van der Waals surface area contributed by atoms with Gasteiger partial charge in [0.25, 0.3) is 0 Å². The Labute approximate surface area is 141 Å². The van der Waals surface area contributed by atoms with Crippen molar-refractivity contribution in [2.24, 2.45) is 0 Å². The fraction of sp³-hybridized carbons (Fsp3) is 0.278. The fourth-order valence-electron chi connectivity index (χ4n) is 2.49. The van der Waals surface area contributed by atoms with Gasteiger partial charge in [0.05, 0.1) is 18.3 Å². The second-order valence-corrected chi connectivity index (χ2v) is 5.36. The van der Waals surface area contributed by atoms with E-state index < -0.39 is 0 Å². The lowest BCUT2D eigenvalue weighted by Crippen LogP contribution is -2.40. The molecular weight excluding hydrogens is 304 g/mol. The van der Waals surface area contributed by atoms with Gasteiger partial charge in [0.1, 0.15) is 0 Å². The zero-order valence-corrected chi connectivity index (χ0v) is 14.0. The molecule has 6 heteroatoms. The number of aromatic nitrogens is 2. The molecule has 2 amide bonds. The highest BCUT2D eigenvalue weighted by atomic mass is 16.2. The lowest BCUT2D eigenvalue weighted by atomic mass is 10.1. The number of rotatable bonds is 7. The van der Waals surface area contributed by atoms with Crippen molar-refractivity contribution in [1.82, 2.24) is 20.0 Å². The number of benzene rings is 1. The number of hydrogen-bond acceptors (Lipinski definition) is 3. The standard InChI is InChI=1S/C18H22N4O2/c1-4-18(24)21(5-2)13-17(23)20-14(3)15-9-6-7-10-16(15)22-12-8-11-19-22/h4,6-12,14H,1,5,13H2,2-3H3,(H,20,23). The maximum atomic E-state index is 12.3. The van der Waals surface area contributed by atoms with Crippen molar-refractivity contribution in [3.8, 4) is 5.69 Å². The first-order chi connectivity index (χ1) is 11.6. The van der Waals surface area contributed by atoms with Crippen LogP contribution in [-0.4, -0.2) is 39.6 Å². The van der Waals surface area contributed by atoms with Gasteiger partial charge >= 0.3 is 0 Å². The number of amides is 2. The summed E-state index contributed by atoms with van der Waals surface area (Å²) in [4.78, 5) is 25.4. The molecule has 2 rings (SSSR count). The van der Waals surface area contributed by atoms with E-state index in [4.69, 9.17) is 0 Å². The monoisotopic (exact) mass is 326 g/mol. The van der Waals surface area contributed by atoms with E-state index in [0.29, 0.717) is 6.54 Å². The molecule has 1 aromatic heterocycles. The van der Waals surface area contributed by atoms with E-state index in [1.54, 1.807) is 10.9 Å². The molecule has 0 saturated carbocycles. The maximum Gasteiger partial charge on any atom is 0.246 e. The largest absolute Gasteiger partial charge is 0.348 e. The number of likely N-dealkylation sites (N-methyl/N-ethyl adjacent to an activating group) is 1. The van der Waals surface area contributed by atoms with Gasteiger partial charge in [-0.25, -0.2) is 4.68 Å². The zero-order chi connectivity index (χ0) is 17.5. The first-order valence-corrected chi connectivity index (χ1v) is 7.86. The minimum Gasteiger partial charge on any atom is -0.348 e. The zero-order valence-electron chi connectivity index (χ0n) is 14.0. The van der Waals surface area contributed by atoms with E-state index >= 15 is 0 Å². The van der Waals surface area contributed by atoms with Crippen LogP contribution in [0.1, 0.15) is 25.5 Å². The van der Waals surface area contributed by atoms with Gasteiger partial charge in [-0.2, -0.15) is 5.10 Å². The first kappa shape index (κ1) is 17.5. The van der Waals surface area contributed by atoms with E-state index in [1.165, 1.54) is 11.0 Å². The lowest BCUT2D eigenvalue weighted by molar-refractivity contribution is -0.132. The molecule has 0 bridgehead atoms. The minimum atomic E-state index is -0.253. The smallest absolute Gasteiger partial charge is 0.246 e. The van der Waals surface area contributed by atoms with Crippen LogP contribution in [0.4, 0.5) is 0 Å². The van der Waals surface area contributed by atoms with E-state index in [2.05, 4.69) is 17.0 Å². The van der Waals surface area contributed by atoms with E-state index in [9.17, 15) is 9.59 Å². The average Bonchev–Trinajstić information content (AvgIpc) is 3.13. The van der Waals surface area contributed by atoms with Crippen LogP contribution in [0.5, 0.6) is 0 Å². The van der Waals surface area contributed by atoms with Crippen LogP contribution in [0.25, 0.3) is 5.69 Å². The molecule has 24 heavy (non-hydrogen) atoms. The summed E-state index contributed by atoms with van der Waals surface area (Å²) < 4.78 is 1.76. The summed E-state index contributed by atoms with van der Waals surface area (Å²) in [5.41, 5.74) is 1.86. The van der Waals surface area contributed by atoms with Crippen molar-refractivity contribution in [2.75, 3.05) is 13.1 Å². The molecule has 0 radical (unpaired) electrons. The molecule has 0 aliphatic carbocycles. The number of nitrogens with one attached hydrogen (secondary N) is 1. The molecule has 1 N–H and O–H groups in total. The summed E-state index contributed by atoms with van der Waals surface area (Å²) in [6.07, 6.45) is 4.78.